The van der Waals surface area contributed by atoms with Crippen LogP contribution < -0.4 is 4.74 Å². The summed E-state index contributed by atoms with van der Waals surface area (Å²) in [6, 6.07) is 31.3. The average Bonchev–Trinajstić information content (AvgIpc) is 3.28. The number of fused-ring (bicyclic) bond motifs is 6. The molecule has 2 heterocycles. The van der Waals surface area contributed by atoms with Gasteiger partial charge in [0.1, 0.15) is 11.5 Å². The normalized spacial score (nSPS) is 14.5. The third-order valence-corrected chi connectivity index (χ3v) is 7.08. The Morgan fingerprint density at radius 3 is 1.76 bits per heavy atom. The summed E-state index contributed by atoms with van der Waals surface area (Å²) in [5.74, 6) is -1.08. The molecule has 0 spiro atoms. The number of amides is 2. The van der Waals surface area contributed by atoms with Crippen molar-refractivity contribution in [3.8, 4) is 11.5 Å². The van der Waals surface area contributed by atoms with Gasteiger partial charge in [-0.2, -0.15) is 0 Å². The first kappa shape index (κ1) is 22.0. The lowest BCUT2D eigenvalue weighted by atomic mass is 9.79. The first-order valence-corrected chi connectivity index (χ1v) is 12.2. The largest absolute Gasteiger partial charge is 0.455 e. The molecule has 0 aromatic heterocycles. The van der Waals surface area contributed by atoms with E-state index in [1.54, 1.807) is 12.1 Å². The van der Waals surface area contributed by atoms with Crippen molar-refractivity contribution in [1.29, 1.82) is 0 Å². The minimum Gasteiger partial charge on any atom is -0.455 e. The lowest BCUT2D eigenvalue weighted by molar-refractivity contribution is -0.170. The number of nitrogens with zero attached hydrogens (tertiary/aromatic N) is 1. The van der Waals surface area contributed by atoms with Crippen molar-refractivity contribution in [3.05, 3.63) is 131 Å². The fraction of sp³-hybridized carbons (Fsp3) is 0.0312. The van der Waals surface area contributed by atoms with Gasteiger partial charge in [-0.05, 0) is 22.4 Å². The van der Waals surface area contributed by atoms with E-state index in [1.165, 1.54) is 0 Å². The molecule has 0 aliphatic carbocycles. The molecule has 0 radical (unpaired) electrons. The van der Waals surface area contributed by atoms with Gasteiger partial charge in [-0.3, -0.25) is 9.59 Å². The predicted octanol–water partition coefficient (Wildman–Crippen LogP) is 6.28. The third kappa shape index (κ3) is 3.31. The molecule has 5 aromatic rings. The maximum atomic E-state index is 13.4. The summed E-state index contributed by atoms with van der Waals surface area (Å²) in [6.45, 7) is 0. The van der Waals surface area contributed by atoms with E-state index >= 15 is 0 Å². The van der Waals surface area contributed by atoms with Gasteiger partial charge in [-0.1, -0.05) is 96.1 Å². The molecular weight excluding hydrogens is 478 g/mol. The number of carbonyl (C=O) groups is 3. The molecule has 182 valence electrons. The topological polar surface area (TPSA) is 72.9 Å². The Bertz CT molecular complexity index is 1750. The van der Waals surface area contributed by atoms with Gasteiger partial charge in [0.15, 0.2) is 0 Å². The molecule has 0 saturated heterocycles. The van der Waals surface area contributed by atoms with Crippen LogP contribution in [0.15, 0.2) is 109 Å². The number of benzene rings is 5. The highest BCUT2D eigenvalue weighted by Gasteiger charge is 2.35. The van der Waals surface area contributed by atoms with Crippen LogP contribution in [0, 0.1) is 0 Å². The zero-order valence-electron chi connectivity index (χ0n) is 20.0. The quantitative estimate of drug-likeness (QED) is 0.269. The first-order valence-electron chi connectivity index (χ1n) is 12.2. The summed E-state index contributed by atoms with van der Waals surface area (Å²) in [4.78, 5) is 42.7. The van der Waals surface area contributed by atoms with Crippen LogP contribution in [0.3, 0.4) is 0 Å². The number of rotatable bonds is 3. The number of hydroxylamine groups is 2. The van der Waals surface area contributed by atoms with Crippen LogP contribution in [0.4, 0.5) is 0 Å². The second kappa shape index (κ2) is 8.42. The molecule has 5 aromatic carbocycles. The molecule has 2 aliphatic rings. The van der Waals surface area contributed by atoms with Gasteiger partial charge in [0, 0.05) is 40.0 Å². The maximum Gasteiger partial charge on any atom is 0.364 e. The lowest BCUT2D eigenvalue weighted by Crippen LogP contribution is -2.33. The number of ether oxygens (including phenoxy) is 1. The van der Waals surface area contributed by atoms with E-state index in [9.17, 15) is 14.4 Å². The highest BCUT2D eigenvalue weighted by molar-refractivity contribution is 6.13. The average molecular weight is 498 g/mol. The van der Waals surface area contributed by atoms with Gasteiger partial charge in [0.25, 0.3) is 11.8 Å². The van der Waals surface area contributed by atoms with Crippen molar-refractivity contribution in [2.45, 2.75) is 5.92 Å². The van der Waals surface area contributed by atoms with E-state index in [2.05, 4.69) is 0 Å². The first-order chi connectivity index (χ1) is 18.6. The SMILES string of the molecule is O=C(ON1C(=O)C=CC1=O)c1ccccc1C1c2ccc3ccccc3c2Oc2c1ccc1ccccc21. The maximum absolute atomic E-state index is 13.4. The molecule has 0 atom stereocenters. The van der Waals surface area contributed by atoms with Crippen molar-refractivity contribution in [3.63, 3.8) is 0 Å². The molecular formula is C32H19NO5. The van der Waals surface area contributed by atoms with E-state index in [0.29, 0.717) is 10.6 Å². The van der Waals surface area contributed by atoms with Crippen LogP contribution >= 0.6 is 0 Å². The van der Waals surface area contributed by atoms with Crippen molar-refractivity contribution in [2.75, 3.05) is 0 Å². The van der Waals surface area contributed by atoms with Gasteiger partial charge in [-0.15, -0.1) is 0 Å². The van der Waals surface area contributed by atoms with E-state index in [-0.39, 0.29) is 11.5 Å². The smallest absolute Gasteiger partial charge is 0.364 e. The zero-order chi connectivity index (χ0) is 25.8. The number of hydrogen-bond acceptors (Lipinski definition) is 5. The Morgan fingerprint density at radius 1 is 0.632 bits per heavy atom. The van der Waals surface area contributed by atoms with Crippen LogP contribution in [0.2, 0.25) is 0 Å². The Hall–Kier alpha value is -5.23. The molecule has 6 heteroatoms. The molecule has 2 aliphatic heterocycles. The van der Waals surface area contributed by atoms with E-state index < -0.39 is 17.8 Å². The highest BCUT2D eigenvalue weighted by atomic mass is 16.7. The summed E-state index contributed by atoms with van der Waals surface area (Å²) in [5, 5.41) is 4.49. The fourth-order valence-corrected chi connectivity index (χ4v) is 5.35. The molecule has 6 nitrogen and oxygen atoms in total. The van der Waals surface area contributed by atoms with Crippen molar-refractivity contribution in [2.24, 2.45) is 0 Å². The molecule has 0 saturated carbocycles. The minimum atomic E-state index is -0.790. The third-order valence-electron chi connectivity index (χ3n) is 7.08. The zero-order valence-corrected chi connectivity index (χ0v) is 20.0. The van der Waals surface area contributed by atoms with Crippen LogP contribution in [-0.2, 0) is 14.4 Å². The Labute approximate surface area is 217 Å². The van der Waals surface area contributed by atoms with Crippen molar-refractivity contribution in [1.82, 2.24) is 5.06 Å². The Morgan fingerprint density at radius 2 is 1.16 bits per heavy atom. The van der Waals surface area contributed by atoms with Crippen molar-refractivity contribution < 1.29 is 24.0 Å². The van der Waals surface area contributed by atoms with Crippen LogP contribution in [-0.4, -0.2) is 22.8 Å². The van der Waals surface area contributed by atoms with Gasteiger partial charge in [0.05, 0.1) is 5.56 Å². The Balaban J connectivity index is 1.45. The van der Waals surface area contributed by atoms with Gasteiger partial charge >= 0.3 is 5.97 Å². The number of carbonyl (C=O) groups excluding carboxylic acids is 3. The standard InChI is InChI=1S/C32H19NO5/c34-27-17-18-28(35)33(27)38-32(36)24-12-6-5-11-23(24)29-25-15-13-19-7-1-3-9-21(19)30(25)37-31-22-10-4-2-8-20(22)14-16-26(29)31/h1-18,29H. The van der Waals surface area contributed by atoms with Gasteiger partial charge < -0.3 is 9.57 Å². The molecule has 38 heavy (non-hydrogen) atoms. The summed E-state index contributed by atoms with van der Waals surface area (Å²) in [7, 11) is 0. The van der Waals surface area contributed by atoms with Gasteiger partial charge in [0.2, 0.25) is 0 Å². The summed E-state index contributed by atoms with van der Waals surface area (Å²) in [6.07, 6.45) is 2.14. The van der Waals surface area contributed by atoms with E-state index in [4.69, 9.17) is 9.57 Å². The van der Waals surface area contributed by atoms with Crippen LogP contribution in [0.25, 0.3) is 21.5 Å². The Kier molecular flexibility index (Phi) is 4.88. The highest BCUT2D eigenvalue weighted by Crippen LogP contribution is 2.52. The summed E-state index contributed by atoms with van der Waals surface area (Å²) < 4.78 is 6.67. The van der Waals surface area contributed by atoms with E-state index in [1.807, 2.05) is 84.9 Å². The minimum absolute atomic E-state index is 0.255. The molecule has 0 bridgehead atoms. The molecule has 0 N–H and O–H groups in total. The van der Waals surface area contributed by atoms with Crippen LogP contribution in [0.1, 0.15) is 33.0 Å². The number of imide groups is 1. The predicted molar refractivity (Wildman–Crippen MR) is 142 cm³/mol. The monoisotopic (exact) mass is 497 g/mol. The van der Waals surface area contributed by atoms with Gasteiger partial charge in [-0.25, -0.2) is 4.79 Å². The molecule has 0 unspecified atom stereocenters. The second-order valence-corrected chi connectivity index (χ2v) is 9.22. The number of hydrogen-bond donors (Lipinski definition) is 0. The molecule has 7 rings (SSSR count). The van der Waals surface area contributed by atoms with E-state index in [0.717, 1.165) is 56.3 Å². The summed E-state index contributed by atoms with van der Waals surface area (Å²) >= 11 is 0. The fourth-order valence-electron chi connectivity index (χ4n) is 5.35. The lowest BCUT2D eigenvalue weighted by Gasteiger charge is -2.31. The molecule has 2 amide bonds. The summed E-state index contributed by atoms with van der Waals surface area (Å²) in [5.41, 5.74) is 2.74. The van der Waals surface area contributed by atoms with Crippen LogP contribution in [0.5, 0.6) is 11.5 Å². The molecule has 0 fully saturated rings. The van der Waals surface area contributed by atoms with Crippen molar-refractivity contribution >= 4 is 39.3 Å². The second-order valence-electron chi connectivity index (χ2n) is 9.22.